The first-order valence-electron chi connectivity index (χ1n) is 3.10. The maximum Gasteiger partial charge on any atom is 0.201 e. The van der Waals surface area contributed by atoms with Gasteiger partial charge in [0.05, 0.1) is 11.5 Å². The van der Waals surface area contributed by atoms with E-state index >= 15 is 0 Å². The zero-order valence-electron chi connectivity index (χ0n) is 5.69. The quantitative estimate of drug-likeness (QED) is 0.519. The first kappa shape index (κ1) is 8.95. The van der Waals surface area contributed by atoms with Crippen molar-refractivity contribution in [3.8, 4) is 0 Å². The predicted molar refractivity (Wildman–Crippen MR) is 40.5 cm³/mol. The molecule has 11 heavy (non-hydrogen) atoms. The van der Waals surface area contributed by atoms with Crippen LogP contribution in [0, 0.1) is 0 Å². The van der Waals surface area contributed by atoms with Gasteiger partial charge in [-0.1, -0.05) is 0 Å². The summed E-state index contributed by atoms with van der Waals surface area (Å²) in [4.78, 5) is 0. The lowest BCUT2D eigenvalue weighted by Gasteiger charge is -2.01. The number of thiol groups is 1. The Morgan fingerprint density at radius 3 is 2.36 bits per heavy atom. The molecule has 0 aliphatic carbocycles. The van der Waals surface area contributed by atoms with Crippen molar-refractivity contribution in [1.82, 2.24) is 4.72 Å². The Kier molecular flexibility index (Phi) is 2.50. The van der Waals surface area contributed by atoms with Crippen LogP contribution in [0.2, 0.25) is 0 Å². The van der Waals surface area contributed by atoms with Crippen LogP contribution in [-0.2, 0) is 20.7 Å². The fraction of sp³-hybridized carbons (Fsp3) is 1.00. The van der Waals surface area contributed by atoms with Crippen LogP contribution in [0.3, 0.4) is 0 Å². The molecule has 0 bridgehead atoms. The Bertz CT molecular complexity index is 296. The zero-order chi connectivity index (χ0) is 8.48. The maximum absolute atomic E-state index is 10.8. The maximum atomic E-state index is 10.8. The van der Waals surface area contributed by atoms with Crippen molar-refractivity contribution in [2.45, 2.75) is 12.5 Å². The Morgan fingerprint density at radius 2 is 2.00 bits per heavy atom. The van der Waals surface area contributed by atoms with Crippen molar-refractivity contribution >= 4 is 20.7 Å². The van der Waals surface area contributed by atoms with Gasteiger partial charge in [0.25, 0.3) is 0 Å². The summed E-state index contributed by atoms with van der Waals surface area (Å²) in [5.41, 5.74) is 0. The second kappa shape index (κ2) is 3.08. The normalized spacial score (nSPS) is 29.4. The van der Waals surface area contributed by atoms with E-state index in [0.717, 1.165) is 0 Å². The molecule has 1 atom stereocenters. The highest BCUT2D eigenvalue weighted by molar-refractivity contribution is 7.91. The van der Waals surface area contributed by atoms with Gasteiger partial charge in [0.2, 0.25) is 10.9 Å². The summed E-state index contributed by atoms with van der Waals surface area (Å²) in [6.45, 7) is 0. The minimum Gasteiger partial charge on any atom is -0.229 e. The van der Waals surface area contributed by atoms with Crippen LogP contribution in [0.15, 0.2) is 0 Å². The molecule has 0 spiro atoms. The Balaban J connectivity index is 2.56. The molecule has 7 heteroatoms. The number of sulfone groups is 1. The van der Waals surface area contributed by atoms with Gasteiger partial charge in [0, 0.05) is 6.04 Å². The SMILES string of the molecule is O=[SH](=O)NC1CCS(=O)(=O)C1. The number of nitrogens with one attached hydrogen (secondary N) is 1. The summed E-state index contributed by atoms with van der Waals surface area (Å²) in [5, 5.41) is 0. The van der Waals surface area contributed by atoms with Gasteiger partial charge in [-0.25, -0.2) is 21.6 Å². The fourth-order valence-corrected chi connectivity index (χ4v) is 3.36. The third kappa shape index (κ3) is 2.76. The molecule has 1 fully saturated rings. The predicted octanol–water partition coefficient (Wildman–Crippen LogP) is -1.71. The highest BCUT2D eigenvalue weighted by Gasteiger charge is 2.27. The highest BCUT2D eigenvalue weighted by atomic mass is 32.2. The first-order valence-corrected chi connectivity index (χ1v) is 6.10. The van der Waals surface area contributed by atoms with Crippen LogP contribution in [-0.4, -0.2) is 34.4 Å². The third-order valence-electron chi connectivity index (χ3n) is 1.52. The Labute approximate surface area is 66.8 Å². The topological polar surface area (TPSA) is 80.3 Å². The van der Waals surface area contributed by atoms with Gasteiger partial charge in [0.1, 0.15) is 0 Å². The molecular weight excluding hydrogens is 190 g/mol. The van der Waals surface area contributed by atoms with E-state index in [-0.39, 0.29) is 11.5 Å². The molecule has 0 aromatic carbocycles. The largest absolute Gasteiger partial charge is 0.229 e. The average molecular weight is 199 g/mol. The summed E-state index contributed by atoms with van der Waals surface area (Å²) in [6, 6.07) is -0.402. The van der Waals surface area contributed by atoms with E-state index in [0.29, 0.717) is 6.42 Å². The molecule has 0 saturated carbocycles. The van der Waals surface area contributed by atoms with Crippen molar-refractivity contribution in [2.75, 3.05) is 11.5 Å². The lowest BCUT2D eigenvalue weighted by atomic mass is 10.3. The van der Waals surface area contributed by atoms with Gasteiger partial charge in [0.15, 0.2) is 9.84 Å². The van der Waals surface area contributed by atoms with E-state index in [9.17, 15) is 16.8 Å². The lowest BCUT2D eigenvalue weighted by Crippen LogP contribution is -2.28. The van der Waals surface area contributed by atoms with Crippen molar-refractivity contribution < 1.29 is 16.8 Å². The Morgan fingerprint density at radius 1 is 1.36 bits per heavy atom. The molecule has 0 aromatic heterocycles. The molecule has 0 radical (unpaired) electrons. The van der Waals surface area contributed by atoms with Gasteiger partial charge in [-0.15, -0.1) is 0 Å². The molecule has 1 aliphatic heterocycles. The number of hydrogen-bond donors (Lipinski definition) is 2. The van der Waals surface area contributed by atoms with Crippen molar-refractivity contribution in [3.63, 3.8) is 0 Å². The van der Waals surface area contributed by atoms with Crippen LogP contribution in [0.25, 0.3) is 0 Å². The first-order chi connectivity index (χ1) is 4.99. The summed E-state index contributed by atoms with van der Waals surface area (Å²) in [6.07, 6.45) is 0.394. The van der Waals surface area contributed by atoms with Gasteiger partial charge in [-0.05, 0) is 6.42 Å². The molecule has 1 heterocycles. The monoisotopic (exact) mass is 199 g/mol. The standard InChI is InChI=1S/C4H9NO4S2/c6-10(7)5-4-1-2-11(8,9)3-4/h4,10H,1-3H2,(H,5,6,7). The van der Waals surface area contributed by atoms with Gasteiger partial charge < -0.3 is 0 Å². The highest BCUT2D eigenvalue weighted by Crippen LogP contribution is 2.10. The second-order valence-electron chi connectivity index (χ2n) is 2.49. The van der Waals surface area contributed by atoms with Crippen LogP contribution in [0.1, 0.15) is 6.42 Å². The molecule has 0 amide bonds. The van der Waals surface area contributed by atoms with Gasteiger partial charge >= 0.3 is 0 Å². The van der Waals surface area contributed by atoms with Gasteiger partial charge in [-0.3, -0.25) is 0 Å². The van der Waals surface area contributed by atoms with Crippen LogP contribution in [0.5, 0.6) is 0 Å². The summed E-state index contributed by atoms with van der Waals surface area (Å²) in [5.74, 6) is 0.0319. The van der Waals surface area contributed by atoms with Crippen LogP contribution >= 0.6 is 0 Å². The Hall–Kier alpha value is -0.140. The van der Waals surface area contributed by atoms with Crippen LogP contribution < -0.4 is 4.72 Å². The van der Waals surface area contributed by atoms with E-state index in [2.05, 4.69) is 4.72 Å². The van der Waals surface area contributed by atoms with Gasteiger partial charge in [-0.2, -0.15) is 0 Å². The number of rotatable bonds is 2. The lowest BCUT2D eigenvalue weighted by molar-refractivity contribution is 0.581. The molecule has 1 saturated heterocycles. The molecular formula is C4H9NO4S2. The van der Waals surface area contributed by atoms with Crippen molar-refractivity contribution in [1.29, 1.82) is 0 Å². The van der Waals surface area contributed by atoms with E-state index in [1.807, 2.05) is 0 Å². The van der Waals surface area contributed by atoms with Crippen molar-refractivity contribution in [2.24, 2.45) is 0 Å². The van der Waals surface area contributed by atoms with Crippen molar-refractivity contribution in [3.05, 3.63) is 0 Å². The fourth-order valence-electron chi connectivity index (χ4n) is 1.05. The van der Waals surface area contributed by atoms with E-state index < -0.39 is 26.8 Å². The minimum atomic E-state index is -2.97. The van der Waals surface area contributed by atoms with E-state index in [4.69, 9.17) is 0 Å². The molecule has 0 aromatic rings. The van der Waals surface area contributed by atoms with E-state index in [1.165, 1.54) is 0 Å². The smallest absolute Gasteiger partial charge is 0.201 e. The molecule has 66 valence electrons. The molecule has 1 aliphatic rings. The number of hydrogen-bond acceptors (Lipinski definition) is 4. The molecule has 1 unspecified atom stereocenters. The molecule has 1 N–H and O–H groups in total. The summed E-state index contributed by atoms with van der Waals surface area (Å²) >= 11 is 0. The minimum absolute atomic E-state index is 0.0592. The zero-order valence-corrected chi connectivity index (χ0v) is 7.40. The summed E-state index contributed by atoms with van der Waals surface area (Å²) < 4.78 is 43.9. The van der Waals surface area contributed by atoms with Crippen LogP contribution in [0.4, 0.5) is 0 Å². The molecule has 5 nitrogen and oxygen atoms in total. The summed E-state index contributed by atoms with van der Waals surface area (Å²) in [7, 11) is -5.64. The second-order valence-corrected chi connectivity index (χ2v) is 5.49. The third-order valence-corrected chi connectivity index (χ3v) is 3.86. The van der Waals surface area contributed by atoms with E-state index in [1.54, 1.807) is 0 Å². The average Bonchev–Trinajstić information content (AvgIpc) is 2.08. The molecule has 1 rings (SSSR count).